The Hall–Kier alpha value is -4.88. The molecule has 13 nitrogen and oxygen atoms in total. The highest BCUT2D eigenvalue weighted by Gasteiger charge is 2.57. The summed E-state index contributed by atoms with van der Waals surface area (Å²) >= 11 is 13.5. The first-order chi connectivity index (χ1) is 27.0. The van der Waals surface area contributed by atoms with E-state index in [1.165, 1.54) is 14.2 Å². The van der Waals surface area contributed by atoms with Gasteiger partial charge in [0.1, 0.15) is 33.9 Å². The Labute approximate surface area is 335 Å². The van der Waals surface area contributed by atoms with Gasteiger partial charge in [-0.05, 0) is 67.1 Å². The second kappa shape index (κ2) is 15.2. The number of likely N-dealkylation sites (tertiary alicyclic amines) is 2. The zero-order valence-corrected chi connectivity index (χ0v) is 33.2. The monoisotopic (exact) mass is 801 g/mol. The highest BCUT2D eigenvalue weighted by molar-refractivity contribution is 6.35. The average Bonchev–Trinajstić information content (AvgIpc) is 3.93. The molecule has 0 unspecified atom stereocenters. The van der Waals surface area contributed by atoms with E-state index in [0.717, 1.165) is 59.2 Å². The lowest BCUT2D eigenvalue weighted by molar-refractivity contribution is -0.136. The standard InChI is InChI=1S/C41H45Cl2N7O6/c1-5-27(45-40(53)55-3)38(51)49-30-15-24(30)17-32(49)29-19-26(35(42)44-29)22-11-7-20(8-12-22)21-9-13-23(14-10-21)34-36(43)48-37(47-34)33-18-25-16-31(25)50(33)39(52)28(6-2)46-41(54)56-4/h7-14,24-25,27-28,30-33H,5-6,15-19H2,1-4H3,(H,45,53)(H,46,54)(H,47,48)/t24-,25-,27+,28+,30-,31-,32+,33+/m1/s1. The molecule has 4 amide bonds. The van der Waals surface area contributed by atoms with Gasteiger partial charge < -0.3 is 34.9 Å². The minimum Gasteiger partial charge on any atom is -0.453 e. The molecule has 2 saturated carbocycles. The highest BCUT2D eigenvalue weighted by atomic mass is 35.5. The summed E-state index contributed by atoms with van der Waals surface area (Å²) < 4.78 is 9.49. The molecule has 1 aromatic heterocycles. The van der Waals surface area contributed by atoms with Gasteiger partial charge in [-0.15, -0.1) is 0 Å². The van der Waals surface area contributed by atoms with Crippen molar-refractivity contribution in [2.75, 3.05) is 14.2 Å². The van der Waals surface area contributed by atoms with Crippen molar-refractivity contribution in [2.45, 2.75) is 95.0 Å². The van der Waals surface area contributed by atoms with E-state index in [0.29, 0.717) is 52.9 Å². The first-order valence-electron chi connectivity index (χ1n) is 19.3. The molecule has 3 N–H and O–H groups in total. The van der Waals surface area contributed by atoms with E-state index in [4.69, 9.17) is 42.7 Å². The fraction of sp³-hybridized carbons (Fsp3) is 0.463. The molecule has 2 saturated heterocycles. The number of imidazole rings is 1. The van der Waals surface area contributed by atoms with Gasteiger partial charge in [-0.1, -0.05) is 85.6 Å². The van der Waals surface area contributed by atoms with Crippen LogP contribution in [0, 0.1) is 11.8 Å². The number of nitrogens with zero attached hydrogens (tertiary/aromatic N) is 4. The molecule has 0 bridgehead atoms. The van der Waals surface area contributed by atoms with Gasteiger partial charge in [0.25, 0.3) is 0 Å². The Morgan fingerprint density at radius 1 is 0.750 bits per heavy atom. The van der Waals surface area contributed by atoms with E-state index in [9.17, 15) is 19.2 Å². The number of fused-ring (bicyclic) bond motifs is 2. The quantitative estimate of drug-likeness (QED) is 0.175. The van der Waals surface area contributed by atoms with Crippen molar-refractivity contribution >= 4 is 58.5 Å². The van der Waals surface area contributed by atoms with Gasteiger partial charge in [-0.25, -0.2) is 19.6 Å². The summed E-state index contributed by atoms with van der Waals surface area (Å²) in [4.78, 5) is 67.8. The second-order valence-corrected chi connectivity index (χ2v) is 16.0. The number of aliphatic imine (C=N–C) groups is 1. The van der Waals surface area contributed by atoms with Crippen molar-refractivity contribution in [3.8, 4) is 22.4 Å². The Bertz CT molecular complexity index is 2120. The molecular formula is C41H45Cl2N7O6. The number of carbonyl (C=O) groups excluding carboxylic acids is 4. The van der Waals surface area contributed by atoms with Gasteiger partial charge in [-0.2, -0.15) is 0 Å². The third kappa shape index (κ3) is 7.04. The second-order valence-electron chi connectivity index (χ2n) is 15.3. The van der Waals surface area contributed by atoms with Crippen LogP contribution in [0.3, 0.4) is 0 Å². The first kappa shape index (κ1) is 38.0. The summed E-state index contributed by atoms with van der Waals surface area (Å²) in [6.07, 6.45) is 3.74. The van der Waals surface area contributed by atoms with Crippen LogP contribution in [-0.4, -0.2) is 93.9 Å². The summed E-state index contributed by atoms with van der Waals surface area (Å²) in [6, 6.07) is 14.8. The zero-order chi connectivity index (χ0) is 39.4. The molecule has 3 aliphatic heterocycles. The molecule has 5 aliphatic rings. The molecular weight excluding hydrogens is 757 g/mol. The molecule has 0 spiro atoms. The highest BCUT2D eigenvalue weighted by Crippen LogP contribution is 2.54. The van der Waals surface area contributed by atoms with Crippen molar-refractivity contribution < 1.29 is 28.7 Å². The summed E-state index contributed by atoms with van der Waals surface area (Å²) in [5, 5.41) is 6.19. The lowest BCUT2D eigenvalue weighted by Gasteiger charge is -2.31. The van der Waals surface area contributed by atoms with Crippen molar-refractivity contribution in [1.82, 2.24) is 30.4 Å². The molecule has 2 aromatic carbocycles. The number of benzene rings is 2. The number of aromatic nitrogens is 2. The number of aromatic amines is 1. The van der Waals surface area contributed by atoms with Crippen LogP contribution in [0.2, 0.25) is 5.15 Å². The number of carbonyl (C=O) groups is 4. The maximum absolute atomic E-state index is 13.6. The topological polar surface area (TPSA) is 158 Å². The molecule has 294 valence electrons. The van der Waals surface area contributed by atoms with E-state index >= 15 is 0 Å². The van der Waals surface area contributed by atoms with Crippen LogP contribution in [0.25, 0.3) is 28.0 Å². The molecule has 15 heteroatoms. The van der Waals surface area contributed by atoms with Gasteiger partial charge >= 0.3 is 12.2 Å². The van der Waals surface area contributed by atoms with Crippen molar-refractivity contribution in [1.29, 1.82) is 0 Å². The fourth-order valence-corrected chi connectivity index (χ4v) is 9.36. The maximum Gasteiger partial charge on any atom is 0.407 e. The molecule has 4 heterocycles. The number of alkyl carbamates (subject to hydrolysis) is 2. The summed E-state index contributed by atoms with van der Waals surface area (Å²) in [7, 11) is 2.57. The number of nitrogens with one attached hydrogen (secondary N) is 3. The van der Waals surface area contributed by atoms with E-state index in [1.54, 1.807) is 0 Å². The number of methoxy groups -OCH3 is 2. The van der Waals surface area contributed by atoms with Gasteiger partial charge in [0.2, 0.25) is 11.8 Å². The normalized spacial score (nSPS) is 25.6. The number of ether oxygens (including phenoxy) is 2. The molecule has 4 fully saturated rings. The molecule has 56 heavy (non-hydrogen) atoms. The van der Waals surface area contributed by atoms with E-state index < -0.39 is 24.3 Å². The number of halogens is 2. The SMILES string of the molecule is CC[C@H](NC(=O)OC)C(=O)N1[C@@H]2C[C@@H]2C[C@H]1C1=NC(Cl)=C(c2ccc(-c3ccc(-c4nc([C@@H]5C[C@H]6C[C@H]6N5C(=O)[C@H](CC)NC(=O)OC)[nH]c4Cl)cc3)cc2)C1. The summed E-state index contributed by atoms with van der Waals surface area (Å²) in [6.45, 7) is 3.73. The Kier molecular flexibility index (Phi) is 10.3. The summed E-state index contributed by atoms with van der Waals surface area (Å²) in [5.74, 6) is 1.24. The van der Waals surface area contributed by atoms with Gasteiger partial charge in [0, 0.05) is 35.4 Å². The van der Waals surface area contributed by atoms with Crippen LogP contribution < -0.4 is 10.6 Å². The number of rotatable bonds is 11. The van der Waals surface area contributed by atoms with E-state index in [2.05, 4.69) is 27.8 Å². The average molecular weight is 803 g/mol. The molecule has 0 radical (unpaired) electrons. The van der Waals surface area contributed by atoms with Crippen LogP contribution in [0.1, 0.15) is 76.2 Å². The Morgan fingerprint density at radius 2 is 1.23 bits per heavy atom. The third-order valence-electron chi connectivity index (χ3n) is 12.0. The Morgan fingerprint density at radius 3 is 1.75 bits per heavy atom. The third-order valence-corrected chi connectivity index (χ3v) is 12.6. The van der Waals surface area contributed by atoms with E-state index in [1.807, 2.05) is 60.0 Å². The Balaban J connectivity index is 0.928. The largest absolute Gasteiger partial charge is 0.453 e. The van der Waals surface area contributed by atoms with Crippen molar-refractivity contribution in [3.63, 3.8) is 0 Å². The van der Waals surface area contributed by atoms with Crippen LogP contribution in [0.15, 0.2) is 58.7 Å². The van der Waals surface area contributed by atoms with Crippen LogP contribution in [0.4, 0.5) is 9.59 Å². The van der Waals surface area contributed by atoms with Gasteiger partial charge in [0.15, 0.2) is 0 Å². The lowest BCUT2D eigenvalue weighted by atomic mass is 9.95. The predicted molar refractivity (Wildman–Crippen MR) is 212 cm³/mol. The van der Waals surface area contributed by atoms with E-state index in [-0.39, 0.29) is 36.0 Å². The first-order valence-corrected chi connectivity index (χ1v) is 20.0. The van der Waals surface area contributed by atoms with Crippen molar-refractivity contribution in [3.05, 3.63) is 70.2 Å². The van der Waals surface area contributed by atoms with Crippen molar-refractivity contribution in [2.24, 2.45) is 16.8 Å². The molecule has 8 atom stereocenters. The summed E-state index contributed by atoms with van der Waals surface area (Å²) in [5.41, 5.74) is 6.25. The van der Waals surface area contributed by atoms with Crippen LogP contribution in [-0.2, 0) is 19.1 Å². The number of H-pyrrole nitrogens is 1. The maximum atomic E-state index is 13.6. The fourth-order valence-electron chi connectivity index (χ4n) is 8.83. The number of hydrogen-bond acceptors (Lipinski definition) is 8. The zero-order valence-electron chi connectivity index (χ0n) is 31.7. The van der Waals surface area contributed by atoms with Crippen LogP contribution in [0.5, 0.6) is 0 Å². The number of piperidine rings is 2. The van der Waals surface area contributed by atoms with Gasteiger partial charge in [0.05, 0.1) is 26.3 Å². The number of allylic oxidation sites excluding steroid dienone is 1. The number of hydrogen-bond donors (Lipinski definition) is 3. The van der Waals surface area contributed by atoms with Crippen LogP contribution >= 0.6 is 23.2 Å². The smallest absolute Gasteiger partial charge is 0.407 e. The van der Waals surface area contributed by atoms with Gasteiger partial charge in [-0.3, -0.25) is 9.59 Å². The minimum absolute atomic E-state index is 0.106. The molecule has 3 aromatic rings. The lowest BCUT2D eigenvalue weighted by Crippen LogP contribution is -2.52. The predicted octanol–water partition coefficient (Wildman–Crippen LogP) is 7.07. The number of amides is 4. The molecule has 8 rings (SSSR count). The molecule has 2 aliphatic carbocycles. The minimum atomic E-state index is -0.683.